The van der Waals surface area contributed by atoms with Crippen LogP contribution in [0.15, 0.2) is 0 Å². The summed E-state index contributed by atoms with van der Waals surface area (Å²) in [6.07, 6.45) is 0. The molecule has 0 atom stereocenters. The van der Waals surface area contributed by atoms with E-state index in [1.807, 2.05) is 9.80 Å². The summed E-state index contributed by atoms with van der Waals surface area (Å²) in [7, 11) is 3.77. The summed E-state index contributed by atoms with van der Waals surface area (Å²) in [4.78, 5) is 14.2. The fourth-order valence-electron chi connectivity index (χ4n) is 1.14. The minimum absolute atomic E-state index is 0.161. The molecule has 0 unspecified atom stereocenters. The monoisotopic (exact) mass is 157 g/mol. The normalized spacial score (nSPS) is 21.9. The Balaban J connectivity index is 2.22. The summed E-state index contributed by atoms with van der Waals surface area (Å²) in [6.45, 7) is 3.53. The molecule has 1 fully saturated rings. The van der Waals surface area contributed by atoms with Crippen LogP contribution >= 0.6 is 0 Å². The Morgan fingerprint density at radius 2 is 1.91 bits per heavy atom. The number of carboxylic acids is 1. The predicted octanol–water partition coefficient (Wildman–Crippen LogP) is -0.520. The summed E-state index contributed by atoms with van der Waals surface area (Å²) < 4.78 is 0. The van der Waals surface area contributed by atoms with Crippen molar-refractivity contribution in [1.82, 2.24) is 9.80 Å². The van der Waals surface area contributed by atoms with Crippen molar-refractivity contribution in [3.05, 3.63) is 7.05 Å². The van der Waals surface area contributed by atoms with Crippen molar-refractivity contribution in [3.8, 4) is 0 Å². The topological polar surface area (TPSA) is 43.8 Å². The van der Waals surface area contributed by atoms with E-state index in [9.17, 15) is 4.79 Å². The minimum atomic E-state index is -0.748. The van der Waals surface area contributed by atoms with Crippen molar-refractivity contribution < 1.29 is 9.90 Å². The Morgan fingerprint density at radius 3 is 2.36 bits per heavy atom. The quantitative estimate of drug-likeness (QED) is 0.548. The molecule has 1 aliphatic rings. The van der Waals surface area contributed by atoms with Crippen molar-refractivity contribution in [1.29, 1.82) is 0 Å². The van der Waals surface area contributed by atoms with E-state index < -0.39 is 5.97 Å². The first-order chi connectivity index (χ1) is 5.18. The molecule has 11 heavy (non-hydrogen) atoms. The van der Waals surface area contributed by atoms with Gasteiger partial charge in [-0.2, -0.15) is 0 Å². The maximum Gasteiger partial charge on any atom is 0.317 e. The van der Waals surface area contributed by atoms with E-state index in [0.29, 0.717) is 0 Å². The van der Waals surface area contributed by atoms with Crippen LogP contribution in [0, 0.1) is 7.05 Å². The highest BCUT2D eigenvalue weighted by Crippen LogP contribution is 1.98. The van der Waals surface area contributed by atoms with Crippen LogP contribution in [0.2, 0.25) is 0 Å². The highest BCUT2D eigenvalue weighted by Gasteiger charge is 2.12. The van der Waals surface area contributed by atoms with Gasteiger partial charge in [-0.05, 0) is 13.1 Å². The first-order valence-corrected chi connectivity index (χ1v) is 3.68. The fraction of sp³-hybridized carbons (Fsp3) is 0.714. The number of nitrogens with zero attached hydrogens (tertiary/aromatic N) is 2. The zero-order chi connectivity index (χ0) is 8.27. The molecule has 0 spiro atoms. The SMILES string of the molecule is [CH2-]N1CCN(CC(=O)O)CC1. The van der Waals surface area contributed by atoms with Gasteiger partial charge in [-0.25, -0.2) is 0 Å². The highest BCUT2D eigenvalue weighted by atomic mass is 16.4. The Kier molecular flexibility index (Phi) is 2.84. The van der Waals surface area contributed by atoms with Gasteiger partial charge in [0.2, 0.25) is 0 Å². The maximum atomic E-state index is 10.3. The van der Waals surface area contributed by atoms with E-state index in [1.54, 1.807) is 0 Å². The fourth-order valence-corrected chi connectivity index (χ4v) is 1.14. The van der Waals surface area contributed by atoms with Crippen LogP contribution in [0.25, 0.3) is 0 Å². The number of rotatable bonds is 2. The van der Waals surface area contributed by atoms with Crippen LogP contribution < -0.4 is 0 Å². The van der Waals surface area contributed by atoms with Gasteiger partial charge in [0.25, 0.3) is 0 Å². The second kappa shape index (κ2) is 3.69. The summed E-state index contributed by atoms with van der Waals surface area (Å²) in [5, 5.41) is 8.46. The molecular weight excluding hydrogens is 144 g/mol. The van der Waals surface area contributed by atoms with Crippen molar-refractivity contribution in [2.45, 2.75) is 0 Å². The zero-order valence-electron chi connectivity index (χ0n) is 6.49. The highest BCUT2D eigenvalue weighted by molar-refractivity contribution is 5.69. The molecule has 0 aromatic carbocycles. The average molecular weight is 157 g/mol. The molecule has 0 amide bonds. The van der Waals surface area contributed by atoms with Gasteiger partial charge in [0, 0.05) is 13.1 Å². The molecule has 0 aromatic heterocycles. The van der Waals surface area contributed by atoms with Gasteiger partial charge in [-0.15, -0.1) is 0 Å². The van der Waals surface area contributed by atoms with Crippen molar-refractivity contribution in [2.75, 3.05) is 32.7 Å². The van der Waals surface area contributed by atoms with E-state index >= 15 is 0 Å². The van der Waals surface area contributed by atoms with Crippen LogP contribution in [0.4, 0.5) is 0 Å². The Morgan fingerprint density at radius 1 is 1.36 bits per heavy atom. The third-order valence-electron chi connectivity index (χ3n) is 1.82. The largest absolute Gasteiger partial charge is 0.480 e. The van der Waals surface area contributed by atoms with Crippen LogP contribution in [-0.2, 0) is 4.79 Å². The maximum absolute atomic E-state index is 10.3. The number of hydrogen-bond donors (Lipinski definition) is 1. The molecule has 4 heteroatoms. The van der Waals surface area contributed by atoms with Crippen molar-refractivity contribution in [2.24, 2.45) is 0 Å². The lowest BCUT2D eigenvalue weighted by molar-refractivity contribution is -0.138. The first kappa shape index (κ1) is 8.49. The number of carboxylic acid groups (broad SMARTS) is 1. The molecule has 0 radical (unpaired) electrons. The van der Waals surface area contributed by atoms with Gasteiger partial charge < -0.3 is 10.0 Å². The lowest BCUT2D eigenvalue weighted by Crippen LogP contribution is -2.45. The summed E-state index contributed by atoms with van der Waals surface area (Å²) in [5.41, 5.74) is 0. The van der Waals surface area contributed by atoms with Crippen LogP contribution in [0.5, 0.6) is 0 Å². The molecule has 0 saturated carbocycles. The summed E-state index contributed by atoms with van der Waals surface area (Å²) in [5.74, 6) is -0.748. The van der Waals surface area contributed by atoms with E-state index in [0.717, 1.165) is 26.2 Å². The number of aliphatic carboxylic acids is 1. The van der Waals surface area contributed by atoms with Crippen LogP contribution in [0.1, 0.15) is 0 Å². The zero-order valence-corrected chi connectivity index (χ0v) is 6.49. The lowest BCUT2D eigenvalue weighted by Gasteiger charge is -2.36. The summed E-state index contributed by atoms with van der Waals surface area (Å²) in [6, 6.07) is 0. The minimum Gasteiger partial charge on any atom is -0.480 e. The van der Waals surface area contributed by atoms with Crippen molar-refractivity contribution >= 4 is 5.97 Å². The molecule has 1 N–H and O–H groups in total. The molecule has 1 aliphatic heterocycles. The Labute approximate surface area is 66.4 Å². The van der Waals surface area contributed by atoms with Crippen LogP contribution in [-0.4, -0.2) is 53.6 Å². The van der Waals surface area contributed by atoms with Crippen molar-refractivity contribution in [3.63, 3.8) is 0 Å². The van der Waals surface area contributed by atoms with Gasteiger partial charge in [0.05, 0.1) is 6.54 Å². The number of carbonyl (C=O) groups is 1. The Bertz CT molecular complexity index is 141. The molecular formula is C7H13N2O2-. The van der Waals surface area contributed by atoms with E-state index in [2.05, 4.69) is 7.05 Å². The van der Waals surface area contributed by atoms with Gasteiger partial charge in [0.15, 0.2) is 0 Å². The van der Waals surface area contributed by atoms with E-state index in [-0.39, 0.29) is 6.54 Å². The molecule has 0 aliphatic carbocycles. The van der Waals surface area contributed by atoms with E-state index in [1.165, 1.54) is 0 Å². The third-order valence-corrected chi connectivity index (χ3v) is 1.82. The predicted molar refractivity (Wildman–Crippen MR) is 41.0 cm³/mol. The van der Waals surface area contributed by atoms with E-state index in [4.69, 9.17) is 5.11 Å². The molecule has 64 valence electrons. The number of hydrogen-bond acceptors (Lipinski definition) is 3. The molecule has 1 heterocycles. The Hall–Kier alpha value is -0.610. The van der Waals surface area contributed by atoms with Gasteiger partial charge in [-0.3, -0.25) is 16.7 Å². The third kappa shape index (κ3) is 2.86. The first-order valence-electron chi connectivity index (χ1n) is 3.68. The van der Waals surface area contributed by atoms with Gasteiger partial charge in [0.1, 0.15) is 0 Å². The summed E-state index contributed by atoms with van der Waals surface area (Å²) >= 11 is 0. The second-order valence-electron chi connectivity index (χ2n) is 2.79. The van der Waals surface area contributed by atoms with Gasteiger partial charge in [-0.1, -0.05) is 0 Å². The molecule has 4 nitrogen and oxygen atoms in total. The molecule has 1 saturated heterocycles. The van der Waals surface area contributed by atoms with Crippen LogP contribution in [0.3, 0.4) is 0 Å². The average Bonchev–Trinajstić information content (AvgIpc) is 1.93. The molecule has 0 aromatic rings. The second-order valence-corrected chi connectivity index (χ2v) is 2.79. The number of piperazine rings is 1. The smallest absolute Gasteiger partial charge is 0.317 e. The lowest BCUT2D eigenvalue weighted by atomic mass is 10.3. The molecule has 1 rings (SSSR count). The van der Waals surface area contributed by atoms with Gasteiger partial charge >= 0.3 is 5.97 Å². The standard InChI is InChI=1S/C7H13N2O2/c1-8-2-4-9(5-3-8)6-7(10)11/h1-6H2,(H,10,11)/q-1. The molecule has 0 bridgehead atoms.